The number of nitrogens with one attached hydrogen (secondary N) is 2. The number of benzene rings is 1. The number of nitrogen functional groups attached to an aromatic ring is 1. The Hall–Kier alpha value is -2.22. The summed E-state index contributed by atoms with van der Waals surface area (Å²) in [6, 6.07) is 1.67. The molecule has 1 amide bonds. The second-order valence-electron chi connectivity index (χ2n) is 4.95. The minimum atomic E-state index is -0.901. The second-order valence-corrected chi connectivity index (χ2v) is 4.95. The van der Waals surface area contributed by atoms with Crippen LogP contribution in [-0.2, 0) is 0 Å². The van der Waals surface area contributed by atoms with Gasteiger partial charge in [0.05, 0.1) is 16.7 Å². The molecule has 0 fully saturated rings. The van der Waals surface area contributed by atoms with Crippen LogP contribution >= 0.6 is 0 Å². The van der Waals surface area contributed by atoms with Crippen molar-refractivity contribution in [1.82, 2.24) is 5.32 Å². The van der Waals surface area contributed by atoms with Gasteiger partial charge in [0.2, 0.25) is 0 Å². The SMILES string of the molecule is CC(C)(C)NC(=O)c1cc(NN)c(F)cc1[N+](=O)[O-]. The molecule has 0 bridgehead atoms. The summed E-state index contributed by atoms with van der Waals surface area (Å²) in [5, 5.41) is 13.4. The summed E-state index contributed by atoms with van der Waals surface area (Å²) in [5.74, 6) is 3.51. The molecule has 0 heterocycles. The normalized spacial score (nSPS) is 11.0. The van der Waals surface area contributed by atoms with Gasteiger partial charge in [-0.05, 0) is 26.8 Å². The van der Waals surface area contributed by atoms with Crippen LogP contribution in [0.15, 0.2) is 12.1 Å². The van der Waals surface area contributed by atoms with Crippen molar-refractivity contribution in [3.63, 3.8) is 0 Å². The van der Waals surface area contributed by atoms with Crippen LogP contribution in [-0.4, -0.2) is 16.4 Å². The molecular weight excluding hydrogens is 255 g/mol. The van der Waals surface area contributed by atoms with Crippen LogP contribution in [0.4, 0.5) is 15.8 Å². The number of hydrogen-bond donors (Lipinski definition) is 3. The van der Waals surface area contributed by atoms with E-state index in [1.165, 1.54) is 0 Å². The molecule has 0 saturated heterocycles. The summed E-state index contributed by atoms with van der Waals surface area (Å²) in [5.41, 5.74) is 0.410. The molecule has 104 valence electrons. The number of rotatable bonds is 3. The predicted molar refractivity (Wildman–Crippen MR) is 68.1 cm³/mol. The molecule has 0 radical (unpaired) electrons. The molecule has 0 spiro atoms. The Bertz CT molecular complexity index is 525. The maximum absolute atomic E-state index is 13.4. The Morgan fingerprint density at radius 3 is 2.42 bits per heavy atom. The molecular formula is C11H15FN4O3. The lowest BCUT2D eigenvalue weighted by molar-refractivity contribution is -0.385. The van der Waals surface area contributed by atoms with Gasteiger partial charge in [0.15, 0.2) is 5.82 Å². The van der Waals surface area contributed by atoms with E-state index in [0.29, 0.717) is 6.07 Å². The van der Waals surface area contributed by atoms with Crippen molar-refractivity contribution >= 4 is 17.3 Å². The van der Waals surface area contributed by atoms with Gasteiger partial charge in [-0.25, -0.2) is 4.39 Å². The number of amides is 1. The molecule has 0 aliphatic rings. The van der Waals surface area contributed by atoms with Crippen LogP contribution in [0.25, 0.3) is 0 Å². The van der Waals surface area contributed by atoms with E-state index < -0.39 is 27.9 Å². The molecule has 0 aliphatic carbocycles. The van der Waals surface area contributed by atoms with Gasteiger partial charge in [0, 0.05) is 5.54 Å². The number of halogens is 1. The molecule has 1 rings (SSSR count). The third-order valence-electron chi connectivity index (χ3n) is 2.17. The molecule has 0 saturated carbocycles. The smallest absolute Gasteiger partial charge is 0.285 e. The summed E-state index contributed by atoms with van der Waals surface area (Å²) >= 11 is 0. The molecule has 7 nitrogen and oxygen atoms in total. The Labute approximate surface area is 109 Å². The monoisotopic (exact) mass is 270 g/mol. The fourth-order valence-corrected chi connectivity index (χ4v) is 1.41. The van der Waals surface area contributed by atoms with Crippen molar-refractivity contribution in [2.24, 2.45) is 5.84 Å². The van der Waals surface area contributed by atoms with Gasteiger partial charge in [-0.1, -0.05) is 0 Å². The number of hydrogen-bond acceptors (Lipinski definition) is 5. The first-order valence-electron chi connectivity index (χ1n) is 5.43. The van der Waals surface area contributed by atoms with E-state index >= 15 is 0 Å². The number of hydrazine groups is 1. The van der Waals surface area contributed by atoms with Gasteiger partial charge in [-0.15, -0.1) is 0 Å². The van der Waals surface area contributed by atoms with Crippen molar-refractivity contribution in [3.05, 3.63) is 33.6 Å². The number of carbonyl (C=O) groups is 1. The summed E-state index contributed by atoms with van der Waals surface area (Å²) in [6.45, 7) is 5.17. The highest BCUT2D eigenvalue weighted by Gasteiger charge is 2.25. The maximum Gasteiger partial charge on any atom is 0.285 e. The summed E-state index contributed by atoms with van der Waals surface area (Å²) in [7, 11) is 0. The van der Waals surface area contributed by atoms with Crippen LogP contribution in [0, 0.1) is 15.9 Å². The second kappa shape index (κ2) is 5.19. The van der Waals surface area contributed by atoms with E-state index in [-0.39, 0.29) is 11.3 Å². The van der Waals surface area contributed by atoms with Gasteiger partial charge in [-0.2, -0.15) is 0 Å². The highest BCUT2D eigenvalue weighted by atomic mass is 19.1. The van der Waals surface area contributed by atoms with Gasteiger partial charge in [0.1, 0.15) is 5.56 Å². The first-order valence-corrected chi connectivity index (χ1v) is 5.43. The third kappa shape index (κ3) is 3.62. The van der Waals surface area contributed by atoms with Gasteiger partial charge in [-0.3, -0.25) is 20.8 Å². The van der Waals surface area contributed by atoms with Crippen molar-refractivity contribution in [2.75, 3.05) is 5.43 Å². The van der Waals surface area contributed by atoms with Gasteiger partial charge < -0.3 is 10.7 Å². The Morgan fingerprint density at radius 2 is 2.00 bits per heavy atom. The predicted octanol–water partition coefficient (Wildman–Crippen LogP) is 1.55. The van der Waals surface area contributed by atoms with Crippen molar-refractivity contribution < 1.29 is 14.1 Å². The summed E-state index contributed by atoms with van der Waals surface area (Å²) in [4.78, 5) is 22.0. The van der Waals surface area contributed by atoms with E-state index in [0.717, 1.165) is 6.07 Å². The molecule has 8 heteroatoms. The summed E-state index contributed by atoms with van der Waals surface area (Å²) in [6.07, 6.45) is 0. The van der Waals surface area contributed by atoms with Crippen LogP contribution in [0.5, 0.6) is 0 Å². The molecule has 1 aromatic carbocycles. The largest absolute Gasteiger partial charge is 0.347 e. The first kappa shape index (κ1) is 14.8. The number of carbonyl (C=O) groups excluding carboxylic acids is 1. The van der Waals surface area contributed by atoms with Crippen molar-refractivity contribution in [3.8, 4) is 0 Å². The average molecular weight is 270 g/mol. The molecule has 1 aromatic rings. The molecule has 0 aromatic heterocycles. The van der Waals surface area contributed by atoms with E-state index in [9.17, 15) is 19.3 Å². The highest BCUT2D eigenvalue weighted by molar-refractivity contribution is 5.99. The Balaban J connectivity index is 3.31. The Kier molecular flexibility index (Phi) is 4.05. The lowest BCUT2D eigenvalue weighted by Gasteiger charge is -2.20. The minimum Gasteiger partial charge on any atom is -0.347 e. The quantitative estimate of drug-likeness (QED) is 0.438. The van der Waals surface area contributed by atoms with Crippen LogP contribution in [0.3, 0.4) is 0 Å². The molecule has 0 unspecified atom stereocenters. The fourth-order valence-electron chi connectivity index (χ4n) is 1.41. The van der Waals surface area contributed by atoms with E-state index in [2.05, 4.69) is 5.32 Å². The zero-order valence-corrected chi connectivity index (χ0v) is 10.8. The molecule has 4 N–H and O–H groups in total. The van der Waals surface area contributed by atoms with E-state index in [1.54, 1.807) is 20.8 Å². The molecule has 0 atom stereocenters. The lowest BCUT2D eigenvalue weighted by Crippen LogP contribution is -2.40. The maximum atomic E-state index is 13.4. The molecule has 0 aliphatic heterocycles. The number of nitro groups is 1. The fraction of sp³-hybridized carbons (Fsp3) is 0.364. The zero-order valence-electron chi connectivity index (χ0n) is 10.8. The number of nitro benzene ring substituents is 1. The van der Waals surface area contributed by atoms with Crippen LogP contribution in [0.2, 0.25) is 0 Å². The van der Waals surface area contributed by atoms with Crippen LogP contribution < -0.4 is 16.6 Å². The number of nitrogens with two attached hydrogens (primary N) is 1. The first-order chi connectivity index (χ1) is 8.65. The van der Waals surface area contributed by atoms with Crippen LogP contribution in [0.1, 0.15) is 31.1 Å². The number of anilines is 1. The van der Waals surface area contributed by atoms with Gasteiger partial charge in [0.25, 0.3) is 11.6 Å². The lowest BCUT2D eigenvalue weighted by atomic mass is 10.1. The molecule has 19 heavy (non-hydrogen) atoms. The Morgan fingerprint density at radius 1 is 1.42 bits per heavy atom. The minimum absolute atomic E-state index is 0.190. The topological polar surface area (TPSA) is 110 Å². The zero-order chi connectivity index (χ0) is 14.8. The van der Waals surface area contributed by atoms with E-state index in [1.807, 2.05) is 5.43 Å². The summed E-state index contributed by atoms with van der Waals surface area (Å²) < 4.78 is 13.4. The van der Waals surface area contributed by atoms with E-state index in [4.69, 9.17) is 5.84 Å². The number of nitrogens with zero attached hydrogens (tertiary/aromatic N) is 1. The average Bonchev–Trinajstić information content (AvgIpc) is 2.25. The standard InChI is InChI=1S/C11H15FN4O3/c1-11(2,3)14-10(17)6-4-8(15-13)7(12)5-9(6)16(18)19/h4-5,15H,13H2,1-3H3,(H,14,17). The van der Waals surface area contributed by atoms with Crippen molar-refractivity contribution in [1.29, 1.82) is 0 Å². The third-order valence-corrected chi connectivity index (χ3v) is 2.17. The van der Waals surface area contributed by atoms with Gasteiger partial charge >= 0.3 is 0 Å². The van der Waals surface area contributed by atoms with Crippen molar-refractivity contribution in [2.45, 2.75) is 26.3 Å². The highest BCUT2D eigenvalue weighted by Crippen LogP contribution is 2.26.